The van der Waals surface area contributed by atoms with Crippen molar-refractivity contribution in [3.8, 4) is 29.2 Å². The monoisotopic (exact) mass is 643 g/mol. The predicted octanol–water partition coefficient (Wildman–Crippen LogP) is 5.39. The fourth-order valence-corrected chi connectivity index (χ4v) is 4.59. The molecule has 5 rings (SSSR count). The first-order valence-electron chi connectivity index (χ1n) is 14.0. The smallest absolute Gasteiger partial charge is 0.425 e. The Labute approximate surface area is 259 Å². The van der Waals surface area contributed by atoms with E-state index in [1.807, 2.05) is 30.3 Å². The second-order valence-corrected chi connectivity index (χ2v) is 10.1. The summed E-state index contributed by atoms with van der Waals surface area (Å²) in [7, 11) is 1.40. The van der Waals surface area contributed by atoms with Crippen LogP contribution in [-0.4, -0.2) is 53.9 Å². The fourth-order valence-electron chi connectivity index (χ4n) is 4.59. The van der Waals surface area contributed by atoms with Crippen LogP contribution in [0.5, 0.6) is 23.4 Å². The van der Waals surface area contributed by atoms with Crippen LogP contribution in [0.15, 0.2) is 47.5 Å². The molecule has 0 amide bonds. The average Bonchev–Trinajstić information content (AvgIpc) is 3.35. The van der Waals surface area contributed by atoms with E-state index in [1.54, 1.807) is 20.8 Å². The van der Waals surface area contributed by atoms with Gasteiger partial charge >= 0.3 is 11.9 Å². The molecule has 46 heavy (non-hydrogen) atoms. The lowest BCUT2D eigenvalue weighted by atomic mass is 10.2. The number of halogens is 4. The Morgan fingerprint density at radius 1 is 1.02 bits per heavy atom. The summed E-state index contributed by atoms with van der Waals surface area (Å²) in [5.74, 6) is -2.39. The van der Waals surface area contributed by atoms with Gasteiger partial charge in [0.15, 0.2) is 23.6 Å². The minimum atomic E-state index is -4.82. The molecular weight excluding hydrogens is 614 g/mol. The molecule has 0 radical (unpaired) electrons. The number of aromatic nitrogens is 7. The third-order valence-corrected chi connectivity index (χ3v) is 7.01. The lowest BCUT2D eigenvalue weighted by Crippen LogP contribution is -2.32. The third kappa shape index (κ3) is 6.33. The van der Waals surface area contributed by atoms with Crippen LogP contribution in [-0.2, 0) is 24.5 Å². The summed E-state index contributed by atoms with van der Waals surface area (Å²) in [5, 5.41) is 11.2. The van der Waals surface area contributed by atoms with E-state index in [4.69, 9.17) is 18.9 Å². The number of hydrogen-bond acceptors (Lipinski definition) is 10. The topological polar surface area (TPSA) is 128 Å². The molecule has 0 aliphatic rings. The van der Waals surface area contributed by atoms with E-state index < -0.39 is 41.4 Å². The second-order valence-electron chi connectivity index (χ2n) is 10.1. The molecule has 0 N–H and O–H groups in total. The Morgan fingerprint density at radius 2 is 1.76 bits per heavy atom. The van der Waals surface area contributed by atoms with Crippen molar-refractivity contribution in [2.24, 2.45) is 0 Å². The molecule has 5 aromatic rings. The van der Waals surface area contributed by atoms with Crippen molar-refractivity contribution in [2.45, 2.75) is 59.7 Å². The lowest BCUT2D eigenvalue weighted by molar-refractivity contribution is -0.189. The number of hydrogen-bond donors (Lipinski definition) is 0. The summed E-state index contributed by atoms with van der Waals surface area (Å²) in [6.07, 6.45) is -4.79. The van der Waals surface area contributed by atoms with Crippen molar-refractivity contribution < 1.29 is 36.5 Å². The van der Waals surface area contributed by atoms with Crippen molar-refractivity contribution in [3.63, 3.8) is 0 Å². The maximum absolute atomic E-state index is 16.3. The Bertz CT molecular complexity index is 1930. The lowest BCUT2D eigenvalue weighted by Gasteiger charge is -2.20. The summed E-state index contributed by atoms with van der Waals surface area (Å²) >= 11 is 0. The van der Waals surface area contributed by atoms with Crippen LogP contribution in [0.4, 0.5) is 17.6 Å². The third-order valence-electron chi connectivity index (χ3n) is 7.01. The molecule has 0 aliphatic carbocycles. The van der Waals surface area contributed by atoms with Gasteiger partial charge in [0.2, 0.25) is 11.8 Å². The van der Waals surface area contributed by atoms with Gasteiger partial charge in [-0.25, -0.2) is 14.2 Å². The largest absolute Gasteiger partial charge is 0.481 e. The summed E-state index contributed by atoms with van der Waals surface area (Å²) in [5.41, 5.74) is 1.04. The summed E-state index contributed by atoms with van der Waals surface area (Å²) in [6.45, 7) is 5.99. The molecule has 0 fully saturated rings. The highest BCUT2D eigenvalue weighted by atomic mass is 19.4. The fraction of sp³-hybridized carbons (Fsp3) is 0.333. The van der Waals surface area contributed by atoms with Crippen LogP contribution < -0.4 is 19.9 Å². The highest BCUT2D eigenvalue weighted by Crippen LogP contribution is 2.40. The highest BCUT2D eigenvalue weighted by Gasteiger charge is 2.39. The minimum Gasteiger partial charge on any atom is -0.481 e. The number of rotatable bonds is 11. The number of ether oxygens (including phenoxy) is 4. The molecule has 16 heteroatoms. The van der Waals surface area contributed by atoms with E-state index in [0.717, 1.165) is 18.7 Å². The molecule has 0 aliphatic heterocycles. The molecule has 12 nitrogen and oxygen atoms in total. The zero-order valence-corrected chi connectivity index (χ0v) is 25.4. The molecule has 0 unspecified atom stereocenters. The van der Waals surface area contributed by atoms with Crippen LogP contribution in [0.25, 0.3) is 16.6 Å². The van der Waals surface area contributed by atoms with E-state index in [9.17, 15) is 18.0 Å². The Hall–Kier alpha value is -5.12. The number of aryl methyl sites for hydroxylation is 1. The Morgan fingerprint density at radius 3 is 2.43 bits per heavy atom. The minimum absolute atomic E-state index is 0.119. The molecule has 1 aromatic carbocycles. The van der Waals surface area contributed by atoms with Crippen LogP contribution in [0, 0.1) is 19.7 Å². The molecule has 1 atom stereocenters. The molecule has 0 spiro atoms. The molecule has 4 aromatic heterocycles. The van der Waals surface area contributed by atoms with Gasteiger partial charge in [-0.05, 0) is 33.3 Å². The van der Waals surface area contributed by atoms with Gasteiger partial charge < -0.3 is 18.9 Å². The van der Waals surface area contributed by atoms with Gasteiger partial charge in [-0.3, -0.25) is 4.57 Å². The molecule has 0 saturated heterocycles. The van der Waals surface area contributed by atoms with Crippen molar-refractivity contribution in [1.29, 1.82) is 0 Å². The predicted molar refractivity (Wildman–Crippen MR) is 156 cm³/mol. The maximum atomic E-state index is 16.3. The van der Waals surface area contributed by atoms with E-state index >= 15 is 4.39 Å². The number of benzene rings is 1. The van der Waals surface area contributed by atoms with E-state index in [2.05, 4.69) is 25.3 Å². The van der Waals surface area contributed by atoms with Gasteiger partial charge in [0, 0.05) is 18.3 Å². The van der Waals surface area contributed by atoms with E-state index in [1.165, 1.54) is 17.9 Å². The highest BCUT2D eigenvalue weighted by molar-refractivity contribution is 5.92. The quantitative estimate of drug-likeness (QED) is 0.173. The molecular formula is C30H29F4N7O5. The first-order valence-corrected chi connectivity index (χ1v) is 14.0. The van der Waals surface area contributed by atoms with Crippen molar-refractivity contribution in [3.05, 3.63) is 81.5 Å². The SMILES string of the molecule is CCn1c(COCc2ccccc2)nn(-c2nc(O[C@@H](C)C(F)(F)F)c3c(Oc4c(C)cnc(OC)c4C)nncc3c2F)c1=O. The van der Waals surface area contributed by atoms with E-state index in [0.29, 0.717) is 15.8 Å². The van der Waals surface area contributed by atoms with Crippen molar-refractivity contribution in [2.75, 3.05) is 7.11 Å². The number of pyridine rings is 2. The number of alkyl halides is 3. The van der Waals surface area contributed by atoms with Gasteiger partial charge in [-0.2, -0.15) is 27.9 Å². The molecule has 0 bridgehead atoms. The van der Waals surface area contributed by atoms with Gasteiger partial charge in [0.25, 0.3) is 5.88 Å². The maximum Gasteiger partial charge on any atom is 0.425 e. The number of methoxy groups -OCH3 is 1. The second kappa shape index (κ2) is 13.1. The van der Waals surface area contributed by atoms with Crippen LogP contribution in [0.1, 0.15) is 36.4 Å². The number of fused-ring (bicyclic) bond motifs is 1. The van der Waals surface area contributed by atoms with E-state index in [-0.39, 0.29) is 48.0 Å². The standard InChI is InChI=1S/C30H29F4N7O5/c1-6-40-21(15-44-14-19-10-8-7-9-11-19)39-41(29(40)42)25-23(31)20-13-36-38-28(22(20)27(37-25)45-18(4)30(32,33)34)46-24-16(2)12-35-26(43-5)17(24)3/h7-13,18H,6,14-15H2,1-5H3/t18-/m0/s1. The normalized spacial score (nSPS) is 12.4. The number of nitrogens with zero attached hydrogens (tertiary/aromatic N) is 7. The summed E-state index contributed by atoms with van der Waals surface area (Å²) < 4.78 is 81.4. The van der Waals surface area contributed by atoms with Crippen LogP contribution in [0.2, 0.25) is 0 Å². The molecule has 242 valence electrons. The van der Waals surface area contributed by atoms with Crippen LogP contribution >= 0.6 is 0 Å². The van der Waals surface area contributed by atoms with Gasteiger partial charge in [0.05, 0.1) is 30.9 Å². The van der Waals surface area contributed by atoms with Gasteiger partial charge in [-0.15, -0.1) is 10.2 Å². The van der Waals surface area contributed by atoms with Gasteiger partial charge in [0.1, 0.15) is 17.7 Å². The van der Waals surface area contributed by atoms with Crippen LogP contribution in [0.3, 0.4) is 0 Å². The first kappa shape index (κ1) is 32.3. The molecule has 0 saturated carbocycles. The average molecular weight is 644 g/mol. The van der Waals surface area contributed by atoms with Gasteiger partial charge in [-0.1, -0.05) is 30.3 Å². The Balaban J connectivity index is 1.64. The van der Waals surface area contributed by atoms with Crippen molar-refractivity contribution >= 4 is 10.8 Å². The van der Waals surface area contributed by atoms with Crippen molar-refractivity contribution in [1.82, 2.24) is 34.5 Å². The summed E-state index contributed by atoms with van der Waals surface area (Å²) in [6, 6.07) is 9.27. The first-order chi connectivity index (χ1) is 21.9. The zero-order valence-electron chi connectivity index (χ0n) is 25.4. The zero-order chi connectivity index (χ0) is 33.2. The Kier molecular flexibility index (Phi) is 9.18. The molecule has 4 heterocycles. The summed E-state index contributed by atoms with van der Waals surface area (Å²) in [4.78, 5) is 21.6.